The van der Waals surface area contributed by atoms with Gasteiger partial charge in [0.25, 0.3) is 5.91 Å². The number of hydrogen-bond donors (Lipinski definition) is 1. The average molecular weight is 431 g/mol. The molecule has 0 atom stereocenters. The van der Waals surface area contributed by atoms with Gasteiger partial charge in [-0.3, -0.25) is 14.5 Å². The van der Waals surface area contributed by atoms with Crippen LogP contribution in [-0.2, 0) is 11.3 Å². The van der Waals surface area contributed by atoms with Crippen molar-refractivity contribution in [2.24, 2.45) is 0 Å². The molecule has 7 heteroatoms. The van der Waals surface area contributed by atoms with Crippen LogP contribution < -0.4 is 10.1 Å². The lowest BCUT2D eigenvalue weighted by Crippen LogP contribution is -2.12. The van der Waals surface area contributed by atoms with Gasteiger partial charge in [-0.05, 0) is 55.8 Å². The average Bonchev–Trinajstić information content (AvgIpc) is 3.26. The molecule has 0 fully saturated rings. The summed E-state index contributed by atoms with van der Waals surface area (Å²) >= 11 is 0. The fourth-order valence-corrected chi connectivity index (χ4v) is 3.49. The molecule has 0 spiro atoms. The molecule has 1 amide bonds. The van der Waals surface area contributed by atoms with Gasteiger partial charge in [-0.15, -0.1) is 0 Å². The van der Waals surface area contributed by atoms with E-state index in [-0.39, 0.29) is 12.0 Å². The quantitative estimate of drug-likeness (QED) is 0.435. The third kappa shape index (κ3) is 4.78. The number of fused-ring (bicyclic) bond motifs is 1. The van der Waals surface area contributed by atoms with Gasteiger partial charge in [0.2, 0.25) is 0 Å². The molecule has 0 saturated carbocycles. The summed E-state index contributed by atoms with van der Waals surface area (Å²) in [4.78, 5) is 17.4. The second kappa shape index (κ2) is 9.62. The zero-order chi connectivity index (χ0) is 22.5. The molecule has 0 bridgehead atoms. The highest BCUT2D eigenvalue weighted by Crippen LogP contribution is 2.31. The Balaban J connectivity index is 1.59. The Morgan fingerprint density at radius 3 is 2.69 bits per heavy atom. The summed E-state index contributed by atoms with van der Waals surface area (Å²) < 4.78 is 12.6. The molecule has 0 unspecified atom stereocenters. The maximum atomic E-state index is 12.8. The SMILES string of the molecule is COCCn1cc(-c2ccnc3c(NC(=O)c4ccc(OC(C)C)cc4)cccc23)cn1. The van der Waals surface area contributed by atoms with Crippen molar-refractivity contribution in [3.05, 3.63) is 72.7 Å². The first-order valence-electron chi connectivity index (χ1n) is 10.5. The monoisotopic (exact) mass is 430 g/mol. The van der Waals surface area contributed by atoms with E-state index in [9.17, 15) is 4.79 Å². The van der Waals surface area contributed by atoms with Gasteiger partial charge in [-0.1, -0.05) is 12.1 Å². The van der Waals surface area contributed by atoms with Gasteiger partial charge in [0.1, 0.15) is 5.75 Å². The van der Waals surface area contributed by atoms with Gasteiger partial charge in [0, 0.05) is 36.0 Å². The van der Waals surface area contributed by atoms with E-state index in [1.807, 2.05) is 55.2 Å². The number of amides is 1. The Kier molecular flexibility index (Phi) is 6.47. The molecule has 2 aromatic heterocycles. The molecular weight excluding hydrogens is 404 g/mol. The van der Waals surface area contributed by atoms with Crippen LogP contribution in [0.4, 0.5) is 5.69 Å². The number of rotatable bonds is 8. The van der Waals surface area contributed by atoms with Crippen molar-refractivity contribution in [1.29, 1.82) is 0 Å². The Morgan fingerprint density at radius 2 is 1.94 bits per heavy atom. The number of benzene rings is 2. The van der Waals surface area contributed by atoms with Crippen LogP contribution in [-0.4, -0.2) is 40.5 Å². The third-order valence-corrected chi connectivity index (χ3v) is 4.98. The van der Waals surface area contributed by atoms with Crippen LogP contribution in [0, 0.1) is 0 Å². The fourth-order valence-electron chi connectivity index (χ4n) is 3.49. The number of para-hydroxylation sites is 1. The molecule has 4 aromatic rings. The number of hydrogen-bond acceptors (Lipinski definition) is 5. The minimum absolute atomic E-state index is 0.0812. The normalized spacial score (nSPS) is 11.1. The molecule has 4 rings (SSSR count). The second-order valence-corrected chi connectivity index (χ2v) is 7.69. The molecule has 7 nitrogen and oxygen atoms in total. The lowest BCUT2D eigenvalue weighted by atomic mass is 10.0. The lowest BCUT2D eigenvalue weighted by Gasteiger charge is -2.12. The Labute approximate surface area is 187 Å². The number of carbonyl (C=O) groups excluding carboxylic acids is 1. The molecule has 2 heterocycles. The molecule has 2 aromatic carbocycles. The number of nitrogens with zero attached hydrogens (tertiary/aromatic N) is 3. The first-order valence-corrected chi connectivity index (χ1v) is 10.5. The molecular formula is C25H26N4O3. The summed E-state index contributed by atoms with van der Waals surface area (Å²) in [6, 6.07) is 14.8. The van der Waals surface area contributed by atoms with E-state index in [0.717, 1.165) is 27.8 Å². The number of ether oxygens (including phenoxy) is 2. The van der Waals surface area contributed by atoms with E-state index in [4.69, 9.17) is 9.47 Å². The van der Waals surface area contributed by atoms with Crippen molar-refractivity contribution in [2.75, 3.05) is 19.0 Å². The van der Waals surface area contributed by atoms with Crippen LogP contribution in [0.2, 0.25) is 0 Å². The fraction of sp³-hybridized carbons (Fsp3) is 0.240. The highest BCUT2D eigenvalue weighted by atomic mass is 16.5. The molecule has 0 aliphatic carbocycles. The predicted octanol–water partition coefficient (Wildman–Crippen LogP) is 4.78. The minimum Gasteiger partial charge on any atom is -0.491 e. The number of aromatic nitrogens is 3. The van der Waals surface area contributed by atoms with E-state index in [2.05, 4.69) is 15.4 Å². The molecule has 0 aliphatic rings. The van der Waals surface area contributed by atoms with Gasteiger partial charge < -0.3 is 14.8 Å². The summed E-state index contributed by atoms with van der Waals surface area (Å²) in [5, 5.41) is 8.34. The van der Waals surface area contributed by atoms with Crippen molar-refractivity contribution in [2.45, 2.75) is 26.5 Å². The summed E-state index contributed by atoms with van der Waals surface area (Å²) in [6.45, 7) is 5.21. The van der Waals surface area contributed by atoms with Crippen molar-refractivity contribution in [3.8, 4) is 16.9 Å². The molecule has 0 radical (unpaired) electrons. The number of pyridine rings is 1. The van der Waals surface area contributed by atoms with Crippen LogP contribution in [0.25, 0.3) is 22.0 Å². The van der Waals surface area contributed by atoms with E-state index >= 15 is 0 Å². The molecule has 32 heavy (non-hydrogen) atoms. The molecule has 0 saturated heterocycles. The summed E-state index contributed by atoms with van der Waals surface area (Å²) in [6.07, 6.45) is 5.64. The Morgan fingerprint density at radius 1 is 1.12 bits per heavy atom. The largest absolute Gasteiger partial charge is 0.491 e. The number of methoxy groups -OCH3 is 1. The molecule has 164 valence electrons. The van der Waals surface area contributed by atoms with Crippen molar-refractivity contribution in [1.82, 2.24) is 14.8 Å². The molecule has 0 aliphatic heterocycles. The Bertz CT molecular complexity index is 1220. The van der Waals surface area contributed by atoms with Gasteiger partial charge in [0.05, 0.1) is 36.7 Å². The van der Waals surface area contributed by atoms with Gasteiger partial charge in [0.15, 0.2) is 0 Å². The number of anilines is 1. The predicted molar refractivity (Wildman–Crippen MR) is 125 cm³/mol. The Hall–Kier alpha value is -3.71. The first-order chi connectivity index (χ1) is 15.5. The third-order valence-electron chi connectivity index (χ3n) is 4.98. The van der Waals surface area contributed by atoms with E-state index in [1.165, 1.54) is 0 Å². The van der Waals surface area contributed by atoms with Gasteiger partial charge in [-0.25, -0.2) is 0 Å². The van der Waals surface area contributed by atoms with Crippen molar-refractivity contribution < 1.29 is 14.3 Å². The van der Waals surface area contributed by atoms with Crippen LogP contribution in [0.5, 0.6) is 5.75 Å². The zero-order valence-corrected chi connectivity index (χ0v) is 18.4. The van der Waals surface area contributed by atoms with Crippen molar-refractivity contribution in [3.63, 3.8) is 0 Å². The summed E-state index contributed by atoms with van der Waals surface area (Å²) in [5.41, 5.74) is 3.92. The summed E-state index contributed by atoms with van der Waals surface area (Å²) in [7, 11) is 1.67. The highest BCUT2D eigenvalue weighted by Gasteiger charge is 2.13. The maximum absolute atomic E-state index is 12.8. The van der Waals surface area contributed by atoms with Crippen LogP contribution in [0.3, 0.4) is 0 Å². The van der Waals surface area contributed by atoms with Crippen molar-refractivity contribution >= 4 is 22.5 Å². The topological polar surface area (TPSA) is 78.3 Å². The zero-order valence-electron chi connectivity index (χ0n) is 18.4. The van der Waals surface area contributed by atoms with Crippen LogP contribution >= 0.6 is 0 Å². The van der Waals surface area contributed by atoms with Gasteiger partial charge >= 0.3 is 0 Å². The minimum atomic E-state index is -0.201. The van der Waals surface area contributed by atoms with Crippen LogP contribution in [0.15, 0.2) is 67.1 Å². The number of nitrogens with one attached hydrogen (secondary N) is 1. The second-order valence-electron chi connectivity index (χ2n) is 7.69. The van der Waals surface area contributed by atoms with Gasteiger partial charge in [-0.2, -0.15) is 5.10 Å². The smallest absolute Gasteiger partial charge is 0.255 e. The highest BCUT2D eigenvalue weighted by molar-refractivity contribution is 6.10. The van der Waals surface area contributed by atoms with E-state index in [1.54, 1.807) is 37.6 Å². The first kappa shape index (κ1) is 21.5. The summed E-state index contributed by atoms with van der Waals surface area (Å²) in [5.74, 6) is 0.534. The van der Waals surface area contributed by atoms with E-state index in [0.29, 0.717) is 24.4 Å². The van der Waals surface area contributed by atoms with Crippen LogP contribution in [0.1, 0.15) is 24.2 Å². The maximum Gasteiger partial charge on any atom is 0.255 e. The standard InChI is InChI=1S/C25H26N4O3/c1-17(2)32-20-9-7-18(8-10-20)25(30)28-23-6-4-5-22-21(11-12-26-24(22)23)19-15-27-29(16-19)13-14-31-3/h4-12,15-17H,13-14H2,1-3H3,(H,28,30). The van der Waals surface area contributed by atoms with E-state index < -0.39 is 0 Å². The lowest BCUT2D eigenvalue weighted by molar-refractivity contribution is 0.102. The number of carbonyl (C=O) groups is 1. The molecule has 1 N–H and O–H groups in total.